The Morgan fingerprint density at radius 1 is 0.974 bits per heavy atom. The van der Waals surface area contributed by atoms with Crippen molar-refractivity contribution >= 4 is 29.4 Å². The number of anilines is 1. The van der Waals surface area contributed by atoms with Gasteiger partial charge in [-0.2, -0.15) is 26.3 Å². The lowest BCUT2D eigenvalue weighted by molar-refractivity contribution is -0.143. The van der Waals surface area contributed by atoms with Gasteiger partial charge in [-0.25, -0.2) is 4.79 Å². The summed E-state index contributed by atoms with van der Waals surface area (Å²) >= 11 is 1.58. The third-order valence-electron chi connectivity index (χ3n) is 6.53. The summed E-state index contributed by atoms with van der Waals surface area (Å²) in [6.07, 6.45) is -8.37. The van der Waals surface area contributed by atoms with Crippen molar-refractivity contribution in [3.8, 4) is 0 Å². The van der Waals surface area contributed by atoms with Gasteiger partial charge in [0.1, 0.15) is 0 Å². The number of thioether (sulfide) groups is 1. The molecule has 0 saturated carbocycles. The molecule has 2 aliphatic heterocycles. The van der Waals surface area contributed by atoms with Gasteiger partial charge in [0.15, 0.2) is 0 Å². The molecule has 2 aromatic carbocycles. The number of urea groups is 1. The first-order valence-electron chi connectivity index (χ1n) is 11.9. The number of hydrogen-bond donors (Lipinski definition) is 3. The first-order valence-corrected chi connectivity index (χ1v) is 12.9. The zero-order chi connectivity index (χ0) is 27.6. The Labute approximate surface area is 219 Å². The number of nitrogens with one attached hydrogen (secondary N) is 3. The molecule has 1 spiro atoms. The molecule has 2 aromatic rings. The van der Waals surface area contributed by atoms with Gasteiger partial charge >= 0.3 is 18.4 Å². The van der Waals surface area contributed by atoms with Crippen LogP contribution in [0.5, 0.6) is 0 Å². The number of alkyl halides is 6. The minimum atomic E-state index is -5.01. The molecule has 0 aliphatic carbocycles. The molecule has 4 rings (SSSR count). The number of carbonyl (C=O) groups is 2. The summed E-state index contributed by atoms with van der Waals surface area (Å²) in [7, 11) is 0. The fourth-order valence-electron chi connectivity index (χ4n) is 4.47. The average molecular weight is 561 g/mol. The van der Waals surface area contributed by atoms with Crippen LogP contribution in [0.2, 0.25) is 0 Å². The first kappa shape index (κ1) is 28.1. The summed E-state index contributed by atoms with van der Waals surface area (Å²) in [6, 6.07) is 9.54. The van der Waals surface area contributed by atoms with Crippen LogP contribution in [0, 0.1) is 0 Å². The number of piperidine rings is 1. The van der Waals surface area contributed by atoms with Gasteiger partial charge in [0.25, 0.3) is 0 Å². The predicted octanol–water partition coefficient (Wildman–Crippen LogP) is 5.11. The second kappa shape index (κ2) is 11.0. The molecule has 6 nitrogen and oxygen atoms in total. The van der Waals surface area contributed by atoms with Crippen LogP contribution in [-0.4, -0.2) is 53.1 Å². The van der Waals surface area contributed by atoms with Crippen LogP contribution >= 0.6 is 11.8 Å². The molecular weight excluding hydrogens is 534 g/mol. The number of likely N-dealkylation sites (tertiary alicyclic amines) is 1. The summed E-state index contributed by atoms with van der Waals surface area (Å²) in [5.41, 5.74) is -2.47. The smallest absolute Gasteiger partial charge is 0.354 e. The zero-order valence-electron chi connectivity index (χ0n) is 20.1. The Morgan fingerprint density at radius 3 is 2.16 bits per heavy atom. The van der Waals surface area contributed by atoms with Crippen LogP contribution in [0.3, 0.4) is 0 Å². The van der Waals surface area contributed by atoms with Crippen molar-refractivity contribution in [1.82, 2.24) is 15.5 Å². The highest BCUT2D eigenvalue weighted by atomic mass is 32.2. The van der Waals surface area contributed by atoms with Crippen LogP contribution in [-0.2, 0) is 23.6 Å². The lowest BCUT2D eigenvalue weighted by Gasteiger charge is -2.39. The predicted molar refractivity (Wildman–Crippen MR) is 132 cm³/mol. The topological polar surface area (TPSA) is 73.5 Å². The number of hydrogen-bond acceptors (Lipinski definition) is 4. The Bertz CT molecular complexity index is 1120. The van der Waals surface area contributed by atoms with Crippen molar-refractivity contribution in [2.75, 3.05) is 30.7 Å². The molecule has 2 fully saturated rings. The van der Waals surface area contributed by atoms with Gasteiger partial charge in [0, 0.05) is 31.1 Å². The summed E-state index contributed by atoms with van der Waals surface area (Å²) < 4.78 is 78.6. The summed E-state index contributed by atoms with van der Waals surface area (Å²) in [5, 5.41) is 8.46. The molecule has 2 saturated heterocycles. The lowest BCUT2D eigenvalue weighted by atomic mass is 10.0. The van der Waals surface area contributed by atoms with Crippen molar-refractivity contribution < 1.29 is 35.9 Å². The average Bonchev–Trinajstić information content (AvgIpc) is 3.27. The Hall–Kier alpha value is -2.93. The SMILES string of the molecule is O=C(NCCc1ccccc1)C1CSC2(CCN(C(=O)Nc3cc(C(F)(F)F)cc(C(F)(F)F)c3)CC2)N1. The van der Waals surface area contributed by atoms with Crippen molar-refractivity contribution in [3.05, 3.63) is 65.2 Å². The third-order valence-corrected chi connectivity index (χ3v) is 8.11. The van der Waals surface area contributed by atoms with E-state index in [4.69, 9.17) is 0 Å². The molecule has 13 heteroatoms. The standard InChI is InChI=1S/C25H26F6N4O2S/c26-24(27,28)17-12-18(25(29,30)31)14-19(13-17)33-22(37)35-10-7-23(8-11-35)34-20(15-38-23)21(36)32-9-6-16-4-2-1-3-5-16/h1-5,12-14,20,34H,6-11,15H2,(H,32,36)(H,33,37). The minimum Gasteiger partial charge on any atom is -0.354 e. The second-order valence-corrected chi connectivity index (χ2v) is 10.6. The number of amides is 3. The zero-order valence-corrected chi connectivity index (χ0v) is 20.9. The van der Waals surface area contributed by atoms with Gasteiger partial charge in [-0.3, -0.25) is 10.1 Å². The van der Waals surface area contributed by atoms with Crippen molar-refractivity contribution in [3.63, 3.8) is 0 Å². The second-order valence-electron chi connectivity index (χ2n) is 9.24. The van der Waals surface area contributed by atoms with Gasteiger partial charge in [0.2, 0.25) is 5.91 Å². The van der Waals surface area contributed by atoms with Gasteiger partial charge in [0.05, 0.1) is 22.0 Å². The van der Waals surface area contributed by atoms with E-state index in [9.17, 15) is 35.9 Å². The molecular formula is C25H26F6N4O2S. The van der Waals surface area contributed by atoms with Crippen molar-refractivity contribution in [2.24, 2.45) is 0 Å². The Kier molecular flexibility index (Phi) is 8.17. The van der Waals surface area contributed by atoms with E-state index in [-0.39, 0.29) is 25.1 Å². The van der Waals surface area contributed by atoms with E-state index in [1.54, 1.807) is 11.8 Å². The summed E-state index contributed by atoms with van der Waals surface area (Å²) in [6.45, 7) is 0.941. The van der Waals surface area contributed by atoms with Crippen molar-refractivity contribution in [2.45, 2.75) is 42.5 Å². The van der Waals surface area contributed by atoms with Crippen LogP contribution in [0.15, 0.2) is 48.5 Å². The quantitative estimate of drug-likeness (QED) is 0.445. The molecule has 2 aliphatic rings. The number of nitrogens with zero attached hydrogens (tertiary/aromatic N) is 1. The molecule has 3 amide bonds. The molecule has 3 N–H and O–H groups in total. The van der Waals surface area contributed by atoms with Gasteiger partial charge in [-0.1, -0.05) is 30.3 Å². The molecule has 206 valence electrons. The van der Waals surface area contributed by atoms with Crippen LogP contribution in [0.25, 0.3) is 0 Å². The fourth-order valence-corrected chi connectivity index (χ4v) is 5.89. The van der Waals surface area contributed by atoms with E-state index in [0.29, 0.717) is 43.7 Å². The number of benzene rings is 2. The summed E-state index contributed by atoms with van der Waals surface area (Å²) in [4.78, 5) is 26.2. The maximum absolute atomic E-state index is 13.1. The molecule has 2 heterocycles. The molecule has 0 radical (unpaired) electrons. The molecule has 1 atom stereocenters. The maximum atomic E-state index is 13.1. The van der Waals surface area contributed by atoms with E-state index in [2.05, 4.69) is 16.0 Å². The number of halogens is 6. The fraction of sp³-hybridized carbons (Fsp3) is 0.440. The third kappa shape index (κ3) is 6.93. The van der Waals surface area contributed by atoms with E-state index in [0.717, 1.165) is 5.56 Å². The minimum absolute atomic E-state index is 0.0114. The van der Waals surface area contributed by atoms with E-state index >= 15 is 0 Å². The Balaban J connectivity index is 1.29. The molecule has 0 bridgehead atoms. The van der Waals surface area contributed by atoms with Crippen molar-refractivity contribution in [1.29, 1.82) is 0 Å². The normalized spacial score (nSPS) is 19.4. The monoisotopic (exact) mass is 560 g/mol. The highest BCUT2D eigenvalue weighted by Crippen LogP contribution is 2.40. The molecule has 1 unspecified atom stereocenters. The number of rotatable bonds is 5. The van der Waals surface area contributed by atoms with Crippen LogP contribution < -0.4 is 16.0 Å². The van der Waals surface area contributed by atoms with Gasteiger partial charge in [-0.05, 0) is 43.0 Å². The first-order chi connectivity index (χ1) is 17.8. The highest BCUT2D eigenvalue weighted by Gasteiger charge is 2.44. The van der Waals surface area contributed by atoms with E-state index in [1.807, 2.05) is 30.3 Å². The lowest BCUT2D eigenvalue weighted by Crippen LogP contribution is -2.55. The molecule has 38 heavy (non-hydrogen) atoms. The van der Waals surface area contributed by atoms with Gasteiger partial charge in [-0.15, -0.1) is 11.8 Å². The van der Waals surface area contributed by atoms with Crippen LogP contribution in [0.1, 0.15) is 29.5 Å². The maximum Gasteiger partial charge on any atom is 0.416 e. The van der Waals surface area contributed by atoms with E-state index < -0.39 is 46.1 Å². The molecule has 0 aromatic heterocycles. The highest BCUT2D eigenvalue weighted by molar-refractivity contribution is 8.01. The Morgan fingerprint density at radius 2 is 1.58 bits per heavy atom. The van der Waals surface area contributed by atoms with E-state index in [1.165, 1.54) is 4.90 Å². The van der Waals surface area contributed by atoms with Gasteiger partial charge < -0.3 is 15.5 Å². The number of carbonyl (C=O) groups excluding carboxylic acids is 2. The van der Waals surface area contributed by atoms with Crippen LogP contribution in [0.4, 0.5) is 36.8 Å². The summed E-state index contributed by atoms with van der Waals surface area (Å²) in [5.74, 6) is 0.434. The largest absolute Gasteiger partial charge is 0.416 e.